The van der Waals surface area contributed by atoms with E-state index >= 15 is 0 Å². The molecule has 2 N–H and O–H groups in total. The summed E-state index contributed by atoms with van der Waals surface area (Å²) in [6, 6.07) is 6.32. The molecule has 0 radical (unpaired) electrons. The smallest absolute Gasteiger partial charge is 0.256 e. The van der Waals surface area contributed by atoms with Crippen LogP contribution < -0.4 is 15.6 Å². The molecule has 4 rings (SSSR count). The minimum Gasteiger partial charge on any atom is -0.496 e. The predicted octanol–water partition coefficient (Wildman–Crippen LogP) is 4.01. The van der Waals surface area contributed by atoms with E-state index in [2.05, 4.69) is 21.8 Å². The number of pyridine rings is 1. The lowest BCUT2D eigenvalue weighted by Crippen LogP contribution is -2.28. The second-order valence-electron chi connectivity index (χ2n) is 8.69. The average molecular weight is 456 g/mol. The summed E-state index contributed by atoms with van der Waals surface area (Å²) < 4.78 is 27.1. The highest BCUT2D eigenvalue weighted by molar-refractivity contribution is 6.08. The Morgan fingerprint density at radius 2 is 2.03 bits per heavy atom. The summed E-state index contributed by atoms with van der Waals surface area (Å²) >= 11 is 0. The number of halogens is 1. The van der Waals surface area contributed by atoms with Crippen molar-refractivity contribution in [1.29, 1.82) is 0 Å². The van der Waals surface area contributed by atoms with E-state index in [4.69, 9.17) is 9.47 Å². The van der Waals surface area contributed by atoms with Crippen molar-refractivity contribution in [2.45, 2.75) is 46.2 Å². The van der Waals surface area contributed by atoms with Gasteiger partial charge in [-0.25, -0.2) is 4.39 Å². The van der Waals surface area contributed by atoms with Crippen molar-refractivity contribution in [3.8, 4) is 5.75 Å². The van der Waals surface area contributed by atoms with Crippen LogP contribution in [-0.4, -0.2) is 35.8 Å². The highest BCUT2D eigenvalue weighted by Gasteiger charge is 2.28. The molecule has 3 heterocycles. The van der Waals surface area contributed by atoms with Gasteiger partial charge < -0.3 is 24.3 Å². The maximum atomic E-state index is 14.2. The lowest BCUT2D eigenvalue weighted by molar-refractivity contribution is 0.0516. The predicted molar refractivity (Wildman–Crippen MR) is 124 cm³/mol. The van der Waals surface area contributed by atoms with Gasteiger partial charge in [0.1, 0.15) is 11.6 Å². The van der Waals surface area contributed by atoms with E-state index in [1.54, 1.807) is 19.1 Å². The normalized spacial score (nSPS) is 15.5. The number of benzene rings is 1. The largest absolute Gasteiger partial charge is 0.496 e. The molecule has 33 heavy (non-hydrogen) atoms. The Kier molecular flexibility index (Phi) is 6.56. The molecule has 1 aromatic carbocycles. The van der Waals surface area contributed by atoms with Gasteiger partial charge in [0.15, 0.2) is 0 Å². The molecule has 1 amide bonds. The Labute approximate surface area is 191 Å². The minimum atomic E-state index is -0.344. The van der Waals surface area contributed by atoms with Crippen molar-refractivity contribution in [2.24, 2.45) is 5.92 Å². The van der Waals surface area contributed by atoms with Gasteiger partial charge >= 0.3 is 0 Å². The number of carbonyl (C=O) groups excluding carboxylic acids is 1. The fourth-order valence-electron chi connectivity index (χ4n) is 4.92. The van der Waals surface area contributed by atoms with Crippen LogP contribution in [0, 0.1) is 25.6 Å². The number of H-pyrrole nitrogens is 1. The van der Waals surface area contributed by atoms with E-state index in [9.17, 15) is 14.0 Å². The molecule has 1 fully saturated rings. The summed E-state index contributed by atoms with van der Waals surface area (Å²) in [6.45, 7) is 7.21. The number of aromatic nitrogens is 2. The van der Waals surface area contributed by atoms with Gasteiger partial charge in [-0.2, -0.15) is 0 Å². The number of carbonyl (C=O) groups is 1. The molecule has 0 spiro atoms. The number of nitrogens with one attached hydrogen (secondary N) is 2. The maximum absolute atomic E-state index is 14.2. The van der Waals surface area contributed by atoms with E-state index in [0.717, 1.165) is 18.5 Å². The molecule has 2 aromatic heterocycles. The summed E-state index contributed by atoms with van der Waals surface area (Å²) in [6.07, 6.45) is 1.85. The lowest BCUT2D eigenvalue weighted by Gasteiger charge is -2.30. The zero-order valence-corrected chi connectivity index (χ0v) is 19.5. The van der Waals surface area contributed by atoms with Gasteiger partial charge in [-0.05, 0) is 63.8 Å². The third-order valence-electron chi connectivity index (χ3n) is 6.67. The second kappa shape index (κ2) is 9.39. The van der Waals surface area contributed by atoms with Crippen LogP contribution in [0.1, 0.15) is 53.1 Å². The van der Waals surface area contributed by atoms with Crippen LogP contribution in [0.4, 0.5) is 4.39 Å². The number of ether oxygens (including phenoxy) is 2. The van der Waals surface area contributed by atoms with Gasteiger partial charge in [0.2, 0.25) is 0 Å². The third kappa shape index (κ3) is 4.39. The first kappa shape index (κ1) is 23.0. The van der Waals surface area contributed by atoms with Gasteiger partial charge in [-0.3, -0.25) is 9.59 Å². The van der Waals surface area contributed by atoms with Crippen molar-refractivity contribution < 1.29 is 18.7 Å². The first-order chi connectivity index (χ1) is 15.8. The highest BCUT2D eigenvalue weighted by atomic mass is 19.1. The fourth-order valence-corrected chi connectivity index (χ4v) is 4.92. The zero-order chi connectivity index (χ0) is 23.7. The number of methoxy groups -OCH3 is 1. The van der Waals surface area contributed by atoms with Crippen LogP contribution in [0.15, 0.2) is 29.1 Å². The van der Waals surface area contributed by atoms with Gasteiger partial charge in [0.05, 0.1) is 30.3 Å². The molecule has 176 valence electrons. The van der Waals surface area contributed by atoms with E-state index in [-0.39, 0.29) is 29.9 Å². The molecule has 0 bridgehead atoms. The number of aryl methyl sites for hydroxylation is 1. The van der Waals surface area contributed by atoms with E-state index in [1.165, 1.54) is 19.2 Å². The van der Waals surface area contributed by atoms with Gasteiger partial charge in [0, 0.05) is 36.0 Å². The zero-order valence-electron chi connectivity index (χ0n) is 19.5. The molecule has 0 saturated carbocycles. The van der Waals surface area contributed by atoms with Crippen LogP contribution in [0.3, 0.4) is 0 Å². The molecule has 1 saturated heterocycles. The third-order valence-corrected chi connectivity index (χ3v) is 6.67. The summed E-state index contributed by atoms with van der Waals surface area (Å²) in [7, 11) is 1.49. The Morgan fingerprint density at radius 3 is 2.73 bits per heavy atom. The number of aromatic amines is 1. The van der Waals surface area contributed by atoms with Crippen LogP contribution in [-0.2, 0) is 11.3 Å². The maximum Gasteiger partial charge on any atom is 0.256 e. The van der Waals surface area contributed by atoms with Crippen molar-refractivity contribution in [3.05, 3.63) is 63.0 Å². The Morgan fingerprint density at radius 1 is 1.30 bits per heavy atom. The summed E-state index contributed by atoms with van der Waals surface area (Å²) in [5, 5.41) is 3.55. The van der Waals surface area contributed by atoms with E-state index in [1.807, 2.05) is 6.92 Å². The van der Waals surface area contributed by atoms with E-state index in [0.29, 0.717) is 52.6 Å². The SMILES string of the molecule is COc1cc(C)[nH]c(=O)c1CNC(=O)c1c(C)n(C(C)C2CCOCC2)c2cc(F)ccc12. The Balaban J connectivity index is 1.70. The number of hydrogen-bond acceptors (Lipinski definition) is 4. The summed E-state index contributed by atoms with van der Waals surface area (Å²) in [4.78, 5) is 28.5. The number of rotatable bonds is 6. The van der Waals surface area contributed by atoms with E-state index < -0.39 is 0 Å². The molecule has 1 atom stereocenters. The number of amides is 1. The van der Waals surface area contributed by atoms with Gasteiger partial charge in [0.25, 0.3) is 11.5 Å². The highest BCUT2D eigenvalue weighted by Crippen LogP contribution is 2.35. The van der Waals surface area contributed by atoms with Crippen LogP contribution in [0.2, 0.25) is 0 Å². The van der Waals surface area contributed by atoms with Crippen molar-refractivity contribution in [1.82, 2.24) is 14.9 Å². The molecular weight excluding hydrogens is 425 g/mol. The van der Waals surface area contributed by atoms with Crippen molar-refractivity contribution in [2.75, 3.05) is 20.3 Å². The first-order valence-electron chi connectivity index (χ1n) is 11.2. The molecule has 3 aromatic rings. The first-order valence-corrected chi connectivity index (χ1v) is 11.2. The van der Waals surface area contributed by atoms with Crippen molar-refractivity contribution in [3.63, 3.8) is 0 Å². The lowest BCUT2D eigenvalue weighted by atomic mass is 9.92. The monoisotopic (exact) mass is 455 g/mol. The summed E-state index contributed by atoms with van der Waals surface area (Å²) in [5.41, 5.74) is 2.68. The topological polar surface area (TPSA) is 85.4 Å². The molecule has 1 aliphatic rings. The molecule has 0 aliphatic carbocycles. The molecule has 7 nitrogen and oxygen atoms in total. The summed E-state index contributed by atoms with van der Waals surface area (Å²) in [5.74, 6) is 0.140. The van der Waals surface area contributed by atoms with Gasteiger partial charge in [-0.15, -0.1) is 0 Å². The number of fused-ring (bicyclic) bond motifs is 1. The van der Waals surface area contributed by atoms with Crippen LogP contribution in [0.25, 0.3) is 10.9 Å². The minimum absolute atomic E-state index is 0.0143. The second-order valence-corrected chi connectivity index (χ2v) is 8.69. The Bertz CT molecular complexity index is 1240. The number of hydrogen-bond donors (Lipinski definition) is 2. The Hall–Kier alpha value is -3.13. The fraction of sp³-hybridized carbons (Fsp3) is 0.440. The van der Waals surface area contributed by atoms with Crippen LogP contribution >= 0.6 is 0 Å². The molecular formula is C25H30FN3O4. The van der Waals surface area contributed by atoms with Gasteiger partial charge in [-0.1, -0.05) is 0 Å². The molecule has 8 heteroatoms. The molecule has 1 unspecified atom stereocenters. The average Bonchev–Trinajstić information content (AvgIpc) is 3.08. The number of nitrogens with zero attached hydrogens (tertiary/aromatic N) is 1. The quantitative estimate of drug-likeness (QED) is 0.588. The van der Waals surface area contributed by atoms with Crippen molar-refractivity contribution >= 4 is 16.8 Å². The molecule has 1 aliphatic heterocycles. The standard InChI is InChI=1S/C25H30FN3O4/c1-14-11-22(32-4)20(24(30)28-14)13-27-25(31)23-16(3)29(15(2)17-7-9-33-10-8-17)21-12-18(26)5-6-19(21)23/h5-6,11-12,15,17H,7-10,13H2,1-4H3,(H,27,31)(H,28,30). The van der Waals surface area contributed by atoms with Crippen LogP contribution in [0.5, 0.6) is 5.75 Å².